The van der Waals surface area contributed by atoms with Crippen LogP contribution in [0.5, 0.6) is 0 Å². The number of hydrogen-bond acceptors (Lipinski definition) is 8. The number of alkyl halides is 3. The SMILES string of the molecule is CCCCCCCCC[C@@H]1OC[C@@H](OCCO)[C@H](OC)[C@@H]1OC(=O)CN.O=C(O)C(F)(F)F. The monoisotopic (exact) mass is 489 g/mol. The molecule has 0 saturated carbocycles. The number of aliphatic hydroxyl groups excluding tert-OH is 1. The first-order valence-corrected chi connectivity index (χ1v) is 11.2. The average molecular weight is 490 g/mol. The van der Waals surface area contributed by atoms with Crippen molar-refractivity contribution in [3.8, 4) is 0 Å². The lowest BCUT2D eigenvalue weighted by Gasteiger charge is -2.41. The number of aliphatic hydroxyl groups is 1. The Balaban J connectivity index is 0.00000126. The molecule has 1 aliphatic heterocycles. The zero-order chi connectivity index (χ0) is 25.3. The number of aliphatic carboxylic acids is 1. The number of carboxylic acid groups (broad SMARTS) is 1. The van der Waals surface area contributed by atoms with E-state index in [4.69, 9.17) is 39.7 Å². The minimum absolute atomic E-state index is 0.0817. The molecule has 0 unspecified atom stereocenters. The van der Waals surface area contributed by atoms with Crippen LogP contribution in [0.15, 0.2) is 0 Å². The Kier molecular flexibility index (Phi) is 17.1. The number of rotatable bonds is 14. The van der Waals surface area contributed by atoms with Crippen LogP contribution in [0.2, 0.25) is 0 Å². The lowest BCUT2D eigenvalue weighted by molar-refractivity contribution is -0.225. The normalized spacial score (nSPS) is 22.9. The lowest BCUT2D eigenvalue weighted by Crippen LogP contribution is -2.56. The Morgan fingerprint density at radius 3 is 2.15 bits per heavy atom. The molecule has 0 aliphatic carbocycles. The molecule has 33 heavy (non-hydrogen) atoms. The Hall–Kier alpha value is -1.47. The molecule has 4 N–H and O–H groups in total. The van der Waals surface area contributed by atoms with Crippen LogP contribution in [0, 0.1) is 0 Å². The van der Waals surface area contributed by atoms with Crippen molar-refractivity contribution in [3.63, 3.8) is 0 Å². The van der Waals surface area contributed by atoms with Crippen LogP contribution in [-0.4, -0.2) is 86.2 Å². The highest BCUT2D eigenvalue weighted by Crippen LogP contribution is 2.27. The fraction of sp³-hybridized carbons (Fsp3) is 0.905. The van der Waals surface area contributed by atoms with Gasteiger partial charge in [-0.3, -0.25) is 4.79 Å². The van der Waals surface area contributed by atoms with E-state index in [1.807, 2.05) is 0 Å². The number of hydrogen-bond donors (Lipinski definition) is 3. The molecule has 1 rings (SSSR count). The molecule has 0 aromatic rings. The predicted octanol–water partition coefficient (Wildman–Crippen LogP) is 2.42. The summed E-state index contributed by atoms with van der Waals surface area (Å²) in [5.41, 5.74) is 5.40. The van der Waals surface area contributed by atoms with Crippen LogP contribution in [0.25, 0.3) is 0 Å². The van der Waals surface area contributed by atoms with Crippen molar-refractivity contribution in [1.82, 2.24) is 0 Å². The topological polar surface area (TPSA) is 138 Å². The third kappa shape index (κ3) is 13.7. The van der Waals surface area contributed by atoms with Gasteiger partial charge in [0.2, 0.25) is 0 Å². The number of carboxylic acids is 1. The fourth-order valence-electron chi connectivity index (χ4n) is 3.36. The number of esters is 1. The van der Waals surface area contributed by atoms with E-state index in [0.29, 0.717) is 6.61 Å². The van der Waals surface area contributed by atoms with Gasteiger partial charge in [0.05, 0.1) is 32.5 Å². The smallest absolute Gasteiger partial charge is 0.475 e. The summed E-state index contributed by atoms with van der Waals surface area (Å²) in [4.78, 5) is 20.6. The molecule has 0 aromatic heterocycles. The molecule has 4 atom stereocenters. The first-order valence-electron chi connectivity index (χ1n) is 11.2. The van der Waals surface area contributed by atoms with Crippen molar-refractivity contribution in [2.75, 3.05) is 33.5 Å². The van der Waals surface area contributed by atoms with Crippen molar-refractivity contribution < 1.29 is 51.9 Å². The van der Waals surface area contributed by atoms with Gasteiger partial charge in [-0.1, -0.05) is 51.9 Å². The number of halogens is 3. The maximum absolute atomic E-state index is 11.7. The molecule has 0 aromatic carbocycles. The van der Waals surface area contributed by atoms with E-state index >= 15 is 0 Å². The summed E-state index contributed by atoms with van der Waals surface area (Å²) in [5, 5.41) is 16.1. The second kappa shape index (κ2) is 17.9. The zero-order valence-corrected chi connectivity index (χ0v) is 19.3. The summed E-state index contributed by atoms with van der Waals surface area (Å²) >= 11 is 0. The molecule has 0 spiro atoms. The van der Waals surface area contributed by atoms with Gasteiger partial charge in [0.15, 0.2) is 6.10 Å². The second-order valence-electron chi connectivity index (χ2n) is 7.58. The van der Waals surface area contributed by atoms with Crippen LogP contribution in [-0.2, 0) is 28.5 Å². The zero-order valence-electron chi connectivity index (χ0n) is 19.3. The highest BCUT2D eigenvalue weighted by atomic mass is 19.4. The van der Waals surface area contributed by atoms with E-state index in [9.17, 15) is 18.0 Å². The van der Waals surface area contributed by atoms with Crippen LogP contribution >= 0.6 is 0 Å². The summed E-state index contributed by atoms with van der Waals surface area (Å²) in [6, 6.07) is 0. The molecule has 1 saturated heterocycles. The molecule has 9 nitrogen and oxygen atoms in total. The van der Waals surface area contributed by atoms with E-state index < -0.39 is 30.3 Å². The Bertz CT molecular complexity index is 536. The number of carbonyl (C=O) groups excluding carboxylic acids is 1. The van der Waals surface area contributed by atoms with E-state index in [1.165, 1.54) is 32.1 Å². The Morgan fingerprint density at radius 2 is 1.67 bits per heavy atom. The van der Waals surface area contributed by atoms with Crippen molar-refractivity contribution in [1.29, 1.82) is 0 Å². The molecular formula is C21H38F3NO8. The number of methoxy groups -OCH3 is 1. The van der Waals surface area contributed by atoms with Crippen molar-refractivity contribution in [2.45, 2.75) is 88.9 Å². The number of ether oxygens (including phenoxy) is 4. The Morgan fingerprint density at radius 1 is 1.09 bits per heavy atom. The lowest BCUT2D eigenvalue weighted by atomic mass is 9.95. The third-order valence-corrected chi connectivity index (χ3v) is 5.00. The van der Waals surface area contributed by atoms with Gasteiger partial charge >= 0.3 is 18.1 Å². The average Bonchev–Trinajstić information content (AvgIpc) is 2.77. The minimum atomic E-state index is -5.08. The van der Waals surface area contributed by atoms with E-state index in [2.05, 4.69) is 6.92 Å². The number of carbonyl (C=O) groups is 2. The number of unbranched alkanes of at least 4 members (excludes halogenated alkanes) is 6. The predicted molar refractivity (Wildman–Crippen MR) is 113 cm³/mol. The van der Waals surface area contributed by atoms with Gasteiger partial charge in [-0.2, -0.15) is 13.2 Å². The first kappa shape index (κ1) is 31.5. The Labute approximate surface area is 192 Å². The second-order valence-corrected chi connectivity index (χ2v) is 7.58. The van der Waals surface area contributed by atoms with E-state index in [-0.39, 0.29) is 32.0 Å². The minimum Gasteiger partial charge on any atom is -0.475 e. The molecule has 1 heterocycles. The van der Waals surface area contributed by atoms with Gasteiger partial charge < -0.3 is 34.9 Å². The van der Waals surface area contributed by atoms with Crippen LogP contribution < -0.4 is 5.73 Å². The van der Waals surface area contributed by atoms with Gasteiger partial charge in [-0.05, 0) is 6.42 Å². The number of nitrogens with two attached hydrogens (primary N) is 1. The summed E-state index contributed by atoms with van der Waals surface area (Å²) in [6.07, 6.45) is 2.64. The quantitative estimate of drug-likeness (QED) is 0.248. The van der Waals surface area contributed by atoms with Gasteiger partial charge in [0.1, 0.15) is 12.2 Å². The summed E-state index contributed by atoms with van der Waals surface area (Å²) < 4.78 is 54.3. The highest BCUT2D eigenvalue weighted by Gasteiger charge is 2.43. The fourth-order valence-corrected chi connectivity index (χ4v) is 3.36. The highest BCUT2D eigenvalue weighted by molar-refractivity contribution is 5.73. The van der Waals surface area contributed by atoms with E-state index in [1.54, 1.807) is 7.11 Å². The van der Waals surface area contributed by atoms with Gasteiger partial charge in [-0.15, -0.1) is 0 Å². The molecule has 0 amide bonds. The molecule has 1 aliphatic rings. The molecule has 196 valence electrons. The molecule has 0 bridgehead atoms. The maximum Gasteiger partial charge on any atom is 0.490 e. The van der Waals surface area contributed by atoms with Crippen molar-refractivity contribution in [3.05, 3.63) is 0 Å². The summed E-state index contributed by atoms with van der Waals surface area (Å²) in [6.45, 7) is 2.50. The van der Waals surface area contributed by atoms with Crippen molar-refractivity contribution >= 4 is 11.9 Å². The van der Waals surface area contributed by atoms with Crippen LogP contribution in [0.1, 0.15) is 58.3 Å². The largest absolute Gasteiger partial charge is 0.490 e. The van der Waals surface area contributed by atoms with Gasteiger partial charge in [0.25, 0.3) is 0 Å². The molecule has 1 fully saturated rings. The van der Waals surface area contributed by atoms with E-state index in [0.717, 1.165) is 19.3 Å². The van der Waals surface area contributed by atoms with Gasteiger partial charge in [0, 0.05) is 7.11 Å². The summed E-state index contributed by atoms with van der Waals surface area (Å²) in [5.74, 6) is -3.24. The van der Waals surface area contributed by atoms with Crippen LogP contribution in [0.3, 0.4) is 0 Å². The summed E-state index contributed by atoms with van der Waals surface area (Å²) in [7, 11) is 1.57. The van der Waals surface area contributed by atoms with Crippen molar-refractivity contribution in [2.24, 2.45) is 5.73 Å². The maximum atomic E-state index is 11.7. The third-order valence-electron chi connectivity index (χ3n) is 5.00. The standard InChI is InChI=1S/C19H37NO6.C2HF3O2/c1-3-4-5-6-7-8-9-10-15-19(26-17(22)13-20)18(23-2)16(14-25-15)24-12-11-21;3-2(4,5)1(6)7/h15-16,18-19,21H,3-14,20H2,1-2H3;(H,6,7)/t15-,16+,18-,19+;/m0./s1. The van der Waals surface area contributed by atoms with Crippen LogP contribution in [0.4, 0.5) is 13.2 Å². The first-order chi connectivity index (χ1) is 15.6. The molecule has 0 radical (unpaired) electrons. The molecular weight excluding hydrogens is 451 g/mol. The molecule has 12 heteroatoms. The van der Waals surface area contributed by atoms with Gasteiger partial charge in [-0.25, -0.2) is 4.79 Å².